The summed E-state index contributed by atoms with van der Waals surface area (Å²) in [7, 11) is 0. The number of halogens is 1. The quantitative estimate of drug-likeness (QED) is 0.301. The van der Waals surface area contributed by atoms with Crippen molar-refractivity contribution in [2.24, 2.45) is 0 Å². The van der Waals surface area contributed by atoms with Gasteiger partial charge in [0.15, 0.2) is 0 Å². The average Bonchev–Trinajstić information content (AvgIpc) is 3.05. The number of aryl methyl sites for hydroxylation is 1. The predicted octanol–water partition coefficient (Wildman–Crippen LogP) is 5.08. The molecule has 7 heteroatoms. The summed E-state index contributed by atoms with van der Waals surface area (Å²) in [5.41, 5.74) is 2.18. The van der Waals surface area contributed by atoms with Gasteiger partial charge in [0.2, 0.25) is 0 Å². The van der Waals surface area contributed by atoms with E-state index in [1.807, 2.05) is 6.92 Å². The Bertz CT molecular complexity index is 1260. The number of carboxylic acids is 1. The van der Waals surface area contributed by atoms with E-state index in [2.05, 4.69) is 15.9 Å². The van der Waals surface area contributed by atoms with Crippen LogP contribution in [-0.4, -0.2) is 27.9 Å². The maximum atomic E-state index is 13.1. The fraction of sp³-hybridized carbons (Fsp3) is 0.0800. The molecule has 1 unspecified atom stereocenters. The number of nitrogens with zero attached hydrogens (tertiary/aromatic N) is 1. The highest BCUT2D eigenvalue weighted by Gasteiger charge is 2.47. The summed E-state index contributed by atoms with van der Waals surface area (Å²) in [5.74, 6) is -3.11. The van der Waals surface area contributed by atoms with Crippen molar-refractivity contribution < 1.29 is 24.6 Å². The Balaban J connectivity index is 1.94. The van der Waals surface area contributed by atoms with E-state index in [1.165, 1.54) is 23.1 Å². The summed E-state index contributed by atoms with van der Waals surface area (Å²) >= 11 is 3.38. The summed E-state index contributed by atoms with van der Waals surface area (Å²) in [5, 5.41) is 20.4. The number of carbonyl (C=O) groups is 3. The number of aliphatic hydroxyl groups is 1. The van der Waals surface area contributed by atoms with Gasteiger partial charge in [-0.1, -0.05) is 64.0 Å². The van der Waals surface area contributed by atoms with Crippen LogP contribution in [0.25, 0.3) is 5.76 Å². The molecule has 1 amide bonds. The Morgan fingerprint density at radius 1 is 0.906 bits per heavy atom. The van der Waals surface area contributed by atoms with Gasteiger partial charge in [0.05, 0.1) is 17.2 Å². The molecule has 1 saturated heterocycles. The number of benzene rings is 3. The van der Waals surface area contributed by atoms with Gasteiger partial charge in [0.1, 0.15) is 5.76 Å². The molecule has 1 heterocycles. The molecule has 0 radical (unpaired) electrons. The third-order valence-electron chi connectivity index (χ3n) is 5.33. The second-order valence-corrected chi connectivity index (χ2v) is 8.36. The molecule has 2 N–H and O–H groups in total. The Hall–Kier alpha value is -3.71. The third-order valence-corrected chi connectivity index (χ3v) is 5.86. The summed E-state index contributed by atoms with van der Waals surface area (Å²) < 4.78 is 0.810. The van der Waals surface area contributed by atoms with Gasteiger partial charge < -0.3 is 10.2 Å². The fourth-order valence-electron chi connectivity index (χ4n) is 3.72. The maximum Gasteiger partial charge on any atom is 0.335 e. The number of ketones is 1. The minimum absolute atomic E-state index is 0.0162. The predicted molar refractivity (Wildman–Crippen MR) is 124 cm³/mol. The maximum absolute atomic E-state index is 13.1. The van der Waals surface area contributed by atoms with Crippen LogP contribution in [0.4, 0.5) is 5.69 Å². The molecule has 6 nitrogen and oxygen atoms in total. The second kappa shape index (κ2) is 8.43. The minimum Gasteiger partial charge on any atom is -0.507 e. The van der Waals surface area contributed by atoms with Gasteiger partial charge in [0.25, 0.3) is 11.7 Å². The van der Waals surface area contributed by atoms with Gasteiger partial charge in [0, 0.05) is 15.7 Å². The van der Waals surface area contributed by atoms with Crippen LogP contribution in [0.1, 0.15) is 33.1 Å². The van der Waals surface area contributed by atoms with E-state index in [9.17, 15) is 24.6 Å². The molecule has 3 aromatic carbocycles. The Kier molecular flexibility index (Phi) is 5.67. The highest BCUT2D eigenvalue weighted by atomic mass is 79.9. The molecule has 0 aliphatic carbocycles. The number of amides is 1. The lowest BCUT2D eigenvalue weighted by Crippen LogP contribution is -2.29. The Morgan fingerprint density at radius 2 is 1.56 bits per heavy atom. The molecular formula is C25H18BrNO5. The summed E-state index contributed by atoms with van der Waals surface area (Å²) in [6, 6.07) is 18.9. The smallest absolute Gasteiger partial charge is 0.335 e. The van der Waals surface area contributed by atoms with E-state index in [0.29, 0.717) is 11.1 Å². The van der Waals surface area contributed by atoms with E-state index in [0.717, 1.165) is 10.0 Å². The van der Waals surface area contributed by atoms with Crippen LogP contribution in [0.3, 0.4) is 0 Å². The van der Waals surface area contributed by atoms with Gasteiger partial charge in [-0.25, -0.2) is 4.79 Å². The van der Waals surface area contributed by atoms with Crippen molar-refractivity contribution >= 4 is 45.0 Å². The SMILES string of the molecule is Cc1ccc(/C(O)=C2\C(=O)C(=O)N(c3cccc(C(=O)O)c3)C2c2ccc(Br)cc2)cc1. The van der Waals surface area contributed by atoms with Crippen LogP contribution < -0.4 is 4.90 Å². The molecule has 3 aromatic rings. The third kappa shape index (κ3) is 3.83. The molecule has 0 bridgehead atoms. The molecule has 4 rings (SSSR count). The molecule has 1 aliphatic rings. The van der Waals surface area contributed by atoms with E-state index in [-0.39, 0.29) is 22.6 Å². The standard InChI is InChI=1S/C25H18BrNO5/c1-14-5-7-16(8-6-14)22(28)20-21(15-9-11-18(26)12-10-15)27(24(30)23(20)29)19-4-2-3-17(13-19)25(31)32/h2-13,21,28H,1H3,(H,31,32)/b22-20+. The lowest BCUT2D eigenvalue weighted by molar-refractivity contribution is -0.132. The van der Waals surface area contributed by atoms with Crippen LogP contribution in [-0.2, 0) is 9.59 Å². The minimum atomic E-state index is -1.15. The molecule has 1 atom stereocenters. The van der Waals surface area contributed by atoms with E-state index in [1.54, 1.807) is 54.6 Å². The van der Waals surface area contributed by atoms with Gasteiger partial charge in [-0.15, -0.1) is 0 Å². The summed E-state index contributed by atoms with van der Waals surface area (Å²) in [6.07, 6.45) is 0. The fourth-order valence-corrected chi connectivity index (χ4v) is 3.98. The van der Waals surface area contributed by atoms with Crippen LogP contribution in [0.2, 0.25) is 0 Å². The Labute approximate surface area is 192 Å². The van der Waals surface area contributed by atoms with Gasteiger partial charge >= 0.3 is 5.97 Å². The van der Waals surface area contributed by atoms with E-state index >= 15 is 0 Å². The Morgan fingerprint density at radius 3 is 2.19 bits per heavy atom. The van der Waals surface area contributed by atoms with Crippen molar-refractivity contribution in [3.8, 4) is 0 Å². The normalized spacial score (nSPS) is 17.6. The number of rotatable bonds is 4. The van der Waals surface area contributed by atoms with E-state index < -0.39 is 23.7 Å². The molecule has 160 valence electrons. The number of hydrogen-bond acceptors (Lipinski definition) is 4. The number of aliphatic hydroxyl groups excluding tert-OH is 1. The van der Waals surface area contributed by atoms with Gasteiger partial charge in [-0.05, 0) is 42.8 Å². The first-order chi connectivity index (χ1) is 15.3. The largest absolute Gasteiger partial charge is 0.507 e. The molecule has 1 aliphatic heterocycles. The molecule has 32 heavy (non-hydrogen) atoms. The van der Waals surface area contributed by atoms with Crippen molar-refractivity contribution in [3.63, 3.8) is 0 Å². The number of hydrogen-bond donors (Lipinski definition) is 2. The highest BCUT2D eigenvalue weighted by molar-refractivity contribution is 9.10. The first kappa shape index (κ1) is 21.5. The van der Waals surface area contributed by atoms with Crippen LogP contribution >= 0.6 is 15.9 Å². The van der Waals surface area contributed by atoms with Crippen molar-refractivity contribution in [2.75, 3.05) is 4.90 Å². The second-order valence-electron chi connectivity index (χ2n) is 7.44. The van der Waals surface area contributed by atoms with Crippen molar-refractivity contribution in [1.82, 2.24) is 0 Å². The van der Waals surface area contributed by atoms with Crippen molar-refractivity contribution in [3.05, 3.63) is 105 Å². The molecule has 0 spiro atoms. The van der Waals surface area contributed by atoms with Crippen LogP contribution in [0.15, 0.2) is 82.8 Å². The monoisotopic (exact) mass is 491 g/mol. The first-order valence-electron chi connectivity index (χ1n) is 9.75. The zero-order valence-corrected chi connectivity index (χ0v) is 18.5. The number of carbonyl (C=O) groups excluding carboxylic acids is 2. The van der Waals surface area contributed by atoms with Gasteiger partial charge in [-0.3, -0.25) is 14.5 Å². The lowest BCUT2D eigenvalue weighted by atomic mass is 9.95. The first-order valence-corrected chi connectivity index (χ1v) is 10.5. The van der Waals surface area contributed by atoms with Crippen molar-refractivity contribution in [2.45, 2.75) is 13.0 Å². The molecular weight excluding hydrogens is 474 g/mol. The number of anilines is 1. The summed E-state index contributed by atoms with van der Waals surface area (Å²) in [6.45, 7) is 1.90. The molecule has 0 saturated carbocycles. The number of Topliss-reactive ketones (excluding diaryl/α,β-unsaturated/α-hetero) is 1. The number of aromatic carboxylic acids is 1. The summed E-state index contributed by atoms with van der Waals surface area (Å²) in [4.78, 5) is 38.9. The zero-order chi connectivity index (χ0) is 23.0. The van der Waals surface area contributed by atoms with Crippen LogP contribution in [0.5, 0.6) is 0 Å². The number of carboxylic acid groups (broad SMARTS) is 1. The molecule has 0 aromatic heterocycles. The zero-order valence-electron chi connectivity index (χ0n) is 16.9. The average molecular weight is 492 g/mol. The lowest BCUT2D eigenvalue weighted by Gasteiger charge is -2.25. The molecule has 1 fully saturated rings. The van der Waals surface area contributed by atoms with Crippen molar-refractivity contribution in [1.29, 1.82) is 0 Å². The van der Waals surface area contributed by atoms with E-state index in [4.69, 9.17) is 0 Å². The highest BCUT2D eigenvalue weighted by Crippen LogP contribution is 2.42. The van der Waals surface area contributed by atoms with Crippen LogP contribution in [0, 0.1) is 6.92 Å². The topological polar surface area (TPSA) is 94.9 Å². The van der Waals surface area contributed by atoms with Gasteiger partial charge in [-0.2, -0.15) is 0 Å².